The summed E-state index contributed by atoms with van der Waals surface area (Å²) in [6.45, 7) is -1.71. The van der Waals surface area contributed by atoms with Crippen molar-refractivity contribution in [2.24, 2.45) is 0 Å². The van der Waals surface area contributed by atoms with Gasteiger partial charge >= 0.3 is 59.7 Å². The highest BCUT2D eigenvalue weighted by Gasteiger charge is 2.58. The molecule has 109 heavy (non-hydrogen) atoms. The Morgan fingerprint density at radius 2 is 0.450 bits per heavy atom. The number of benzene rings is 9. The smallest absolute Gasteiger partial charge is 0.338 e. The molecule has 26 heteroatoms. The Kier molecular flexibility index (Phi) is 25.6. The lowest BCUT2D eigenvalue weighted by molar-refractivity contribution is -0.338. The van der Waals surface area contributed by atoms with Gasteiger partial charge in [0.15, 0.2) is 73.8 Å². The summed E-state index contributed by atoms with van der Waals surface area (Å²) in [5.41, 5.74) is -0.232. The minimum Gasteiger partial charge on any atom is -0.459 e. The van der Waals surface area contributed by atoms with Gasteiger partial charge in [-0.3, -0.25) is 4.79 Å². The predicted molar refractivity (Wildman–Crippen MR) is 378 cm³/mol. The largest absolute Gasteiger partial charge is 0.459 e. The molecule has 12 rings (SSSR count). The quantitative estimate of drug-likeness (QED) is 0.0389. The fourth-order valence-electron chi connectivity index (χ4n) is 12.0. The highest BCUT2D eigenvalue weighted by molar-refractivity contribution is 5.94. The average Bonchev–Trinajstić information content (AvgIpc) is 0.779. The van der Waals surface area contributed by atoms with Crippen molar-refractivity contribution in [1.29, 1.82) is 0 Å². The normalized spacial score (nSPS) is 23.5. The van der Waals surface area contributed by atoms with E-state index < -0.39 is 172 Å². The van der Waals surface area contributed by atoms with E-state index >= 15 is 0 Å². The van der Waals surface area contributed by atoms with Gasteiger partial charge in [-0.2, -0.15) is 0 Å². The van der Waals surface area contributed by atoms with Gasteiger partial charge in [0.1, 0.15) is 24.9 Å². The van der Waals surface area contributed by atoms with Crippen LogP contribution < -0.4 is 0 Å². The molecule has 1 unspecified atom stereocenters. The highest BCUT2D eigenvalue weighted by atomic mass is 16.8. The molecule has 9 aromatic rings. The van der Waals surface area contributed by atoms with Gasteiger partial charge in [-0.15, -0.1) is 0 Å². The van der Waals surface area contributed by atoms with E-state index in [9.17, 15) is 53.1 Å². The first-order chi connectivity index (χ1) is 53.0. The van der Waals surface area contributed by atoms with Crippen molar-refractivity contribution in [3.05, 3.63) is 323 Å². The minimum absolute atomic E-state index is 0.00505. The molecule has 26 nitrogen and oxygen atoms in total. The molecule has 3 saturated heterocycles. The average molecular weight is 1480 g/mol. The molecule has 0 spiro atoms. The molecule has 0 bridgehead atoms. The molecule has 0 aliphatic carbocycles. The molecular weight excluding hydrogens is 1410 g/mol. The molecule has 3 heterocycles. The summed E-state index contributed by atoms with van der Waals surface area (Å²) in [5, 5.41) is 12.2. The monoisotopic (exact) mass is 1480 g/mol. The van der Waals surface area contributed by atoms with Gasteiger partial charge in [0.25, 0.3) is 0 Å². The van der Waals surface area contributed by atoms with Crippen LogP contribution in [0.25, 0.3) is 0 Å². The summed E-state index contributed by atoms with van der Waals surface area (Å²) in [6, 6.07) is 68.0. The minimum atomic E-state index is -2.24. The molecule has 1 N–H and O–H groups in total. The van der Waals surface area contributed by atoms with Crippen molar-refractivity contribution in [2.75, 3.05) is 19.8 Å². The van der Waals surface area contributed by atoms with E-state index in [0.29, 0.717) is 0 Å². The van der Waals surface area contributed by atoms with Crippen LogP contribution in [-0.2, 0) is 75.8 Å². The predicted octanol–water partition coefficient (Wildman–Crippen LogP) is 9.78. The van der Waals surface area contributed by atoms with Gasteiger partial charge in [0.2, 0.25) is 0 Å². The van der Waals surface area contributed by atoms with Crippen molar-refractivity contribution >= 4 is 59.7 Å². The highest BCUT2D eigenvalue weighted by Crippen LogP contribution is 2.37. The summed E-state index contributed by atoms with van der Waals surface area (Å²) in [7, 11) is 0. The van der Waals surface area contributed by atoms with Crippen LogP contribution in [0.1, 0.15) is 100 Å². The summed E-state index contributed by atoms with van der Waals surface area (Å²) in [4.78, 5) is 144. The van der Waals surface area contributed by atoms with Crippen molar-refractivity contribution in [2.45, 2.75) is 99.0 Å². The molecule has 0 amide bonds. The zero-order valence-electron chi connectivity index (χ0n) is 57.9. The van der Waals surface area contributed by atoms with E-state index in [0.717, 1.165) is 6.92 Å². The van der Waals surface area contributed by atoms with Gasteiger partial charge in [-0.25, -0.2) is 43.2 Å². The van der Waals surface area contributed by atoms with E-state index in [2.05, 4.69) is 0 Å². The van der Waals surface area contributed by atoms with Crippen LogP contribution in [0.15, 0.2) is 273 Å². The van der Waals surface area contributed by atoms with Crippen LogP contribution in [0.4, 0.5) is 0 Å². The Morgan fingerprint density at radius 3 is 0.716 bits per heavy atom. The number of ether oxygens (including phenoxy) is 15. The molecule has 3 fully saturated rings. The lowest BCUT2D eigenvalue weighted by Crippen LogP contribution is -2.66. The lowest BCUT2D eigenvalue weighted by Gasteiger charge is -2.47. The molecule has 0 saturated carbocycles. The summed E-state index contributed by atoms with van der Waals surface area (Å²) in [6.07, 6.45) is -29.6. The fourth-order valence-corrected chi connectivity index (χ4v) is 12.0. The van der Waals surface area contributed by atoms with Gasteiger partial charge in [-0.1, -0.05) is 164 Å². The molecule has 0 radical (unpaired) electrons. The van der Waals surface area contributed by atoms with Crippen molar-refractivity contribution < 1.29 is 124 Å². The van der Waals surface area contributed by atoms with Gasteiger partial charge in [0.05, 0.1) is 63.3 Å². The van der Waals surface area contributed by atoms with Crippen LogP contribution in [0, 0.1) is 0 Å². The first-order valence-electron chi connectivity index (χ1n) is 34.4. The maximum atomic E-state index is 14.9. The second-order valence-electron chi connectivity index (χ2n) is 24.7. The van der Waals surface area contributed by atoms with Gasteiger partial charge < -0.3 is 76.2 Å². The van der Waals surface area contributed by atoms with E-state index in [1.165, 1.54) is 158 Å². The Labute approximate surface area is 623 Å². The van der Waals surface area contributed by atoms with Crippen LogP contribution in [0.3, 0.4) is 0 Å². The number of rotatable bonds is 26. The van der Waals surface area contributed by atoms with E-state index in [1.54, 1.807) is 115 Å². The molecule has 3 aliphatic heterocycles. The van der Waals surface area contributed by atoms with Gasteiger partial charge in [0, 0.05) is 6.92 Å². The topological polar surface area (TPSA) is 329 Å². The van der Waals surface area contributed by atoms with E-state index in [4.69, 9.17) is 71.1 Å². The second kappa shape index (κ2) is 36.6. The number of carbonyl (C=O) groups is 10. The van der Waals surface area contributed by atoms with Crippen molar-refractivity contribution in [1.82, 2.24) is 0 Å². The molecule has 3 aliphatic rings. The maximum absolute atomic E-state index is 14.9. The molecule has 0 aromatic heterocycles. The standard InChI is InChI=1S/C83H70O26/c1-50(84)98-70-67(106-77(90)56-39-21-7-22-40-56)64(103-74(87)53-33-15-4-16-34-53)61(47-95-72(85)51-29-11-2-12-30-51)100-82(70)97-49-62-65(104-75(88)54-35-17-5-18-36-54)68(107-78(91)57-41-23-8-24-42-57)71(109-80(93)59-45-27-10-28-46-59)83(101-62)96-48-60-63(102-73(86)52-31-13-3-14-32-52)66(105-76(89)55-37-19-6-20-38-55)69(81(94)99-60)108-79(92)58-43-25-9-26-44-58/h2-46,60-71,81-83,94H,47-49H2,1H3/t60-,61+,62-,63+,64+,65-,66-,67+,68+,69+,70+,71-,81+,82?,83-/m1/s1. The van der Waals surface area contributed by atoms with E-state index in [-0.39, 0.29) is 50.1 Å². The zero-order valence-corrected chi connectivity index (χ0v) is 57.9. The summed E-state index contributed by atoms with van der Waals surface area (Å²) < 4.78 is 94.7. The van der Waals surface area contributed by atoms with Crippen LogP contribution in [0.5, 0.6) is 0 Å². The Balaban J connectivity index is 0.969. The first-order valence-corrected chi connectivity index (χ1v) is 34.4. The van der Waals surface area contributed by atoms with Crippen LogP contribution in [-0.4, -0.2) is 177 Å². The van der Waals surface area contributed by atoms with Crippen molar-refractivity contribution in [3.8, 4) is 0 Å². The molecular formula is C83H70O26. The first kappa shape index (κ1) is 76.1. The second-order valence-corrected chi connectivity index (χ2v) is 24.7. The Bertz CT molecular complexity index is 4570. The van der Waals surface area contributed by atoms with E-state index in [1.807, 2.05) is 0 Å². The third-order valence-electron chi connectivity index (χ3n) is 17.4. The maximum Gasteiger partial charge on any atom is 0.338 e. The number of hydrogen-bond acceptors (Lipinski definition) is 26. The van der Waals surface area contributed by atoms with Crippen molar-refractivity contribution in [3.63, 3.8) is 0 Å². The molecule has 15 atom stereocenters. The number of aliphatic hydroxyl groups excluding tert-OH is 1. The summed E-state index contributed by atoms with van der Waals surface area (Å²) >= 11 is 0. The SMILES string of the molecule is CC(=O)O[C@@H]1C(OC[C@H]2O[C@@H](OC[C@H]3O[C@H](O)[C@@H](OC(=O)c4ccccc4)[C@H](OC(=O)c4ccccc4)[C@H]3OC(=O)c3ccccc3)[C@H](OC(=O)c3ccccc3)[C@@H](OC(=O)c3ccccc3)[C@@H]2OC(=O)c2ccccc2)O[C@@H](COC(=O)c2ccccc2)[C@H](OC(=O)c2ccccc2)[C@@H]1OC(=O)c1ccccc1. The fraction of sp³-hybridized carbons (Fsp3) is 0.229. The zero-order chi connectivity index (χ0) is 76.2. The number of hydrogen-bond donors (Lipinski definition) is 1. The third-order valence-corrected chi connectivity index (χ3v) is 17.4. The molecule has 9 aromatic carbocycles. The lowest BCUT2D eigenvalue weighted by atomic mass is 9.96. The van der Waals surface area contributed by atoms with Crippen LogP contribution in [0.2, 0.25) is 0 Å². The number of aliphatic hydroxyl groups is 1. The Morgan fingerprint density at radius 1 is 0.248 bits per heavy atom. The molecule has 558 valence electrons. The van der Waals surface area contributed by atoms with Gasteiger partial charge in [-0.05, 0) is 109 Å². The Hall–Kier alpha value is -12.6. The number of esters is 10. The number of carbonyl (C=O) groups excluding carboxylic acids is 10. The third kappa shape index (κ3) is 19.6. The van der Waals surface area contributed by atoms with Crippen LogP contribution >= 0.6 is 0 Å². The summed E-state index contributed by atoms with van der Waals surface area (Å²) in [5.74, 6) is -10.4.